The molecule has 0 atom stereocenters. The molecule has 0 spiro atoms. The molecular weight excluding hydrogens is 344 g/mol. The number of ether oxygens (including phenoxy) is 2. The Kier molecular flexibility index (Phi) is 4.46. The van der Waals surface area contributed by atoms with Gasteiger partial charge in [-0.25, -0.2) is 0 Å². The highest BCUT2D eigenvalue weighted by Gasteiger charge is 2.18. The minimum Gasteiger partial charge on any atom is -0.507 e. The molecule has 0 aliphatic carbocycles. The number of methoxy groups -OCH3 is 2. The molecule has 7 heteroatoms. The molecule has 25 heavy (non-hydrogen) atoms. The van der Waals surface area contributed by atoms with Crippen LogP contribution in [-0.4, -0.2) is 34.2 Å². The van der Waals surface area contributed by atoms with Crippen LogP contribution in [0.25, 0.3) is 22.4 Å². The van der Waals surface area contributed by atoms with Crippen LogP contribution in [0.15, 0.2) is 36.5 Å². The Morgan fingerprint density at radius 1 is 0.960 bits per heavy atom. The van der Waals surface area contributed by atoms with Crippen molar-refractivity contribution in [3.63, 3.8) is 0 Å². The number of hydrogen-bond donors (Lipinski definition) is 2. The lowest BCUT2D eigenvalue weighted by Crippen LogP contribution is -1.91. The molecule has 130 valence electrons. The zero-order valence-corrected chi connectivity index (χ0v) is 14.7. The summed E-state index contributed by atoms with van der Waals surface area (Å²) in [7, 11) is 4.92. The molecule has 3 rings (SSSR count). The first-order valence-corrected chi connectivity index (χ1v) is 7.80. The zero-order valence-electron chi connectivity index (χ0n) is 13.9. The number of hydrogen-bond acceptors (Lipinski definition) is 5. The van der Waals surface area contributed by atoms with Crippen molar-refractivity contribution in [3.05, 3.63) is 41.6 Å². The van der Waals surface area contributed by atoms with E-state index < -0.39 is 0 Å². The van der Waals surface area contributed by atoms with Crippen LogP contribution in [0.1, 0.15) is 0 Å². The van der Waals surface area contributed by atoms with E-state index in [9.17, 15) is 10.2 Å². The van der Waals surface area contributed by atoms with Crippen LogP contribution in [0.3, 0.4) is 0 Å². The molecule has 0 amide bonds. The molecule has 0 radical (unpaired) electrons. The van der Waals surface area contributed by atoms with Crippen molar-refractivity contribution >= 4 is 11.6 Å². The molecule has 3 aromatic rings. The highest BCUT2D eigenvalue weighted by atomic mass is 35.5. The lowest BCUT2D eigenvalue weighted by molar-refractivity contribution is 0.355. The van der Waals surface area contributed by atoms with Gasteiger partial charge < -0.3 is 19.7 Å². The van der Waals surface area contributed by atoms with Gasteiger partial charge in [0.15, 0.2) is 11.5 Å². The monoisotopic (exact) mass is 360 g/mol. The molecule has 1 aromatic heterocycles. The van der Waals surface area contributed by atoms with Crippen molar-refractivity contribution in [1.82, 2.24) is 9.78 Å². The summed E-state index contributed by atoms with van der Waals surface area (Å²) in [4.78, 5) is 0. The zero-order chi connectivity index (χ0) is 18.1. The van der Waals surface area contributed by atoms with E-state index in [-0.39, 0.29) is 16.5 Å². The number of phenols is 2. The van der Waals surface area contributed by atoms with Gasteiger partial charge in [0.1, 0.15) is 17.2 Å². The SMILES string of the molecule is COc1ccc(-c2cn(C)nc2-c2cc(Cl)c(O)cc2O)cc1OC. The lowest BCUT2D eigenvalue weighted by atomic mass is 10.0. The van der Waals surface area contributed by atoms with Gasteiger partial charge in [0.25, 0.3) is 0 Å². The largest absolute Gasteiger partial charge is 0.507 e. The number of phenolic OH excluding ortho intramolecular Hbond substituents is 2. The predicted octanol–water partition coefficient (Wildman–Crippen LogP) is 3.84. The van der Waals surface area contributed by atoms with E-state index in [1.807, 2.05) is 18.3 Å². The Balaban J connectivity index is 2.19. The van der Waals surface area contributed by atoms with E-state index in [0.717, 1.165) is 11.1 Å². The smallest absolute Gasteiger partial charge is 0.161 e. The van der Waals surface area contributed by atoms with E-state index in [1.54, 1.807) is 32.0 Å². The maximum absolute atomic E-state index is 10.2. The fourth-order valence-corrected chi connectivity index (χ4v) is 2.81. The van der Waals surface area contributed by atoms with Crippen molar-refractivity contribution in [2.75, 3.05) is 14.2 Å². The number of halogens is 1. The van der Waals surface area contributed by atoms with Crippen LogP contribution in [0.2, 0.25) is 5.02 Å². The minimum atomic E-state index is -0.188. The van der Waals surface area contributed by atoms with E-state index in [0.29, 0.717) is 22.8 Å². The van der Waals surface area contributed by atoms with Crippen molar-refractivity contribution in [3.8, 4) is 45.4 Å². The Bertz CT molecular complexity index is 937. The fourth-order valence-electron chi connectivity index (χ4n) is 2.64. The number of aromatic nitrogens is 2. The molecule has 0 aliphatic rings. The van der Waals surface area contributed by atoms with Gasteiger partial charge in [-0.1, -0.05) is 17.7 Å². The van der Waals surface area contributed by atoms with Crippen molar-refractivity contribution in [1.29, 1.82) is 0 Å². The third-order valence-electron chi connectivity index (χ3n) is 3.84. The quantitative estimate of drug-likeness (QED) is 0.739. The number of nitrogens with zero attached hydrogens (tertiary/aromatic N) is 2. The topological polar surface area (TPSA) is 76.7 Å². The normalized spacial score (nSPS) is 10.7. The second-order valence-corrected chi connectivity index (χ2v) is 5.86. The Labute approximate surface area is 149 Å². The van der Waals surface area contributed by atoms with Crippen molar-refractivity contribution in [2.24, 2.45) is 7.05 Å². The standard InChI is InChI=1S/C18H17ClN2O4/c1-21-9-12(10-4-5-16(24-2)17(6-10)25-3)18(20-21)11-7-13(19)15(23)8-14(11)22/h4-9,22-23H,1-3H3. The van der Waals surface area contributed by atoms with Gasteiger partial charge in [0.05, 0.1) is 19.2 Å². The van der Waals surface area contributed by atoms with E-state index in [2.05, 4.69) is 5.10 Å². The summed E-state index contributed by atoms with van der Waals surface area (Å²) in [5, 5.41) is 24.4. The molecule has 6 nitrogen and oxygen atoms in total. The highest BCUT2D eigenvalue weighted by Crippen LogP contribution is 2.42. The molecule has 1 heterocycles. The fraction of sp³-hybridized carbons (Fsp3) is 0.167. The molecular formula is C18H17ClN2O4. The van der Waals surface area contributed by atoms with Crippen molar-refractivity contribution in [2.45, 2.75) is 0 Å². The van der Waals surface area contributed by atoms with Crippen LogP contribution in [0.4, 0.5) is 0 Å². The van der Waals surface area contributed by atoms with Gasteiger partial charge in [0.2, 0.25) is 0 Å². The third kappa shape index (κ3) is 3.08. The van der Waals surface area contributed by atoms with Crippen LogP contribution < -0.4 is 9.47 Å². The van der Waals surface area contributed by atoms with Crippen LogP contribution in [-0.2, 0) is 7.05 Å². The van der Waals surface area contributed by atoms with E-state index >= 15 is 0 Å². The summed E-state index contributed by atoms with van der Waals surface area (Å²) in [6.07, 6.45) is 1.83. The van der Waals surface area contributed by atoms with Gasteiger partial charge in [0, 0.05) is 30.4 Å². The predicted molar refractivity (Wildman–Crippen MR) is 95.5 cm³/mol. The van der Waals surface area contributed by atoms with Gasteiger partial charge in [-0.05, 0) is 23.8 Å². The van der Waals surface area contributed by atoms with E-state index in [1.165, 1.54) is 12.1 Å². The maximum Gasteiger partial charge on any atom is 0.161 e. The third-order valence-corrected chi connectivity index (χ3v) is 4.15. The van der Waals surface area contributed by atoms with Gasteiger partial charge in [-0.2, -0.15) is 5.10 Å². The number of rotatable bonds is 4. The Hall–Kier alpha value is -2.86. The molecule has 0 aliphatic heterocycles. The number of aryl methyl sites for hydroxylation is 1. The van der Waals surface area contributed by atoms with Crippen LogP contribution >= 0.6 is 11.6 Å². The molecule has 2 aromatic carbocycles. The van der Waals surface area contributed by atoms with Crippen LogP contribution in [0.5, 0.6) is 23.0 Å². The number of benzene rings is 2. The average molecular weight is 361 g/mol. The Morgan fingerprint density at radius 2 is 1.68 bits per heavy atom. The summed E-state index contributed by atoms with van der Waals surface area (Å²) < 4.78 is 12.3. The maximum atomic E-state index is 10.2. The van der Waals surface area contributed by atoms with Crippen LogP contribution in [0, 0.1) is 0 Å². The summed E-state index contributed by atoms with van der Waals surface area (Å²) in [5.74, 6) is 0.906. The molecule has 0 saturated carbocycles. The summed E-state index contributed by atoms with van der Waals surface area (Å²) in [6.45, 7) is 0. The molecule has 0 bridgehead atoms. The molecule has 0 saturated heterocycles. The van der Waals surface area contributed by atoms with Crippen molar-refractivity contribution < 1.29 is 19.7 Å². The van der Waals surface area contributed by atoms with Gasteiger partial charge in [-0.3, -0.25) is 4.68 Å². The highest BCUT2D eigenvalue weighted by molar-refractivity contribution is 6.32. The van der Waals surface area contributed by atoms with Gasteiger partial charge >= 0.3 is 0 Å². The first-order chi connectivity index (χ1) is 11.9. The summed E-state index contributed by atoms with van der Waals surface area (Å²) >= 11 is 6.00. The van der Waals surface area contributed by atoms with E-state index in [4.69, 9.17) is 21.1 Å². The summed E-state index contributed by atoms with van der Waals surface area (Å²) in [6, 6.07) is 8.19. The van der Waals surface area contributed by atoms with Gasteiger partial charge in [-0.15, -0.1) is 0 Å². The minimum absolute atomic E-state index is 0.109. The molecule has 0 fully saturated rings. The second-order valence-electron chi connectivity index (χ2n) is 5.46. The first kappa shape index (κ1) is 17.0. The molecule has 0 unspecified atom stereocenters. The molecule has 2 N–H and O–H groups in total. The Morgan fingerprint density at radius 3 is 2.36 bits per heavy atom. The number of aromatic hydroxyl groups is 2. The second kappa shape index (κ2) is 6.57. The first-order valence-electron chi connectivity index (χ1n) is 7.42. The average Bonchev–Trinajstić information content (AvgIpc) is 2.99. The summed E-state index contributed by atoms with van der Waals surface area (Å²) in [5.41, 5.74) is 2.58. The lowest BCUT2D eigenvalue weighted by Gasteiger charge is -2.10.